The molecule has 0 aromatic heterocycles. The zero-order valence-electron chi connectivity index (χ0n) is 9.77. The van der Waals surface area contributed by atoms with Crippen LogP contribution >= 0.6 is 34.8 Å². The van der Waals surface area contributed by atoms with Crippen molar-refractivity contribution in [1.29, 1.82) is 0 Å². The first-order valence-corrected chi connectivity index (χ1v) is 7.88. The molecule has 0 saturated heterocycles. The molecule has 0 amide bonds. The van der Waals surface area contributed by atoms with E-state index in [0.717, 1.165) is 0 Å². The smallest absolute Gasteiger partial charge is 0.263 e. The number of benzene rings is 2. The lowest BCUT2D eigenvalue weighted by Gasteiger charge is -2.11. The molecule has 0 heterocycles. The Morgan fingerprint density at radius 2 is 1.50 bits per heavy atom. The number of hydrogen-bond donors (Lipinski definition) is 2. The van der Waals surface area contributed by atoms with E-state index >= 15 is 0 Å². The second kappa shape index (κ2) is 5.69. The molecule has 0 aliphatic heterocycles. The van der Waals surface area contributed by atoms with Crippen molar-refractivity contribution in [2.45, 2.75) is 4.90 Å². The van der Waals surface area contributed by atoms with Crippen molar-refractivity contribution < 1.29 is 13.5 Å². The molecule has 0 aliphatic rings. The highest BCUT2D eigenvalue weighted by molar-refractivity contribution is 7.92. The van der Waals surface area contributed by atoms with Gasteiger partial charge >= 0.3 is 0 Å². The summed E-state index contributed by atoms with van der Waals surface area (Å²) in [4.78, 5) is -0.179. The number of hydrogen-bond acceptors (Lipinski definition) is 3. The van der Waals surface area contributed by atoms with Gasteiger partial charge in [-0.05, 0) is 36.4 Å². The molecule has 0 unspecified atom stereocenters. The quantitative estimate of drug-likeness (QED) is 0.644. The van der Waals surface area contributed by atoms with Crippen molar-refractivity contribution in [1.82, 2.24) is 0 Å². The second-order valence-corrected chi connectivity index (χ2v) is 6.64. The summed E-state index contributed by atoms with van der Waals surface area (Å²) >= 11 is 17.5. The van der Waals surface area contributed by atoms with Crippen molar-refractivity contribution in [3.63, 3.8) is 0 Å². The first-order valence-electron chi connectivity index (χ1n) is 5.26. The average Bonchev–Trinajstić information content (AvgIpc) is 2.38. The number of nitrogens with one attached hydrogen (secondary N) is 1. The molecule has 2 aromatic rings. The van der Waals surface area contributed by atoms with Gasteiger partial charge in [-0.25, -0.2) is 8.42 Å². The van der Waals surface area contributed by atoms with Crippen LogP contribution in [0.1, 0.15) is 0 Å². The third-order valence-electron chi connectivity index (χ3n) is 2.41. The van der Waals surface area contributed by atoms with E-state index in [4.69, 9.17) is 39.9 Å². The van der Waals surface area contributed by atoms with Gasteiger partial charge in [-0.15, -0.1) is 0 Å². The molecule has 106 valence electrons. The van der Waals surface area contributed by atoms with E-state index in [2.05, 4.69) is 4.72 Å². The van der Waals surface area contributed by atoms with Crippen LogP contribution in [0.15, 0.2) is 41.3 Å². The van der Waals surface area contributed by atoms with E-state index in [1.165, 1.54) is 36.4 Å². The highest BCUT2D eigenvalue weighted by atomic mass is 35.5. The molecule has 0 aliphatic carbocycles. The number of phenols is 1. The van der Waals surface area contributed by atoms with E-state index in [9.17, 15) is 8.42 Å². The standard InChI is InChI=1S/C12H8Cl3NO3S/c13-9-5-6-10(12(15)11(9)14)20(18,19)16-7-1-3-8(17)4-2-7/h1-6,16-17H. The molecule has 2 rings (SSSR count). The van der Waals surface area contributed by atoms with Gasteiger partial charge in [0, 0.05) is 5.69 Å². The van der Waals surface area contributed by atoms with Gasteiger partial charge in [-0.2, -0.15) is 0 Å². The SMILES string of the molecule is O=S(=O)(Nc1ccc(O)cc1)c1ccc(Cl)c(Cl)c1Cl. The maximum atomic E-state index is 12.2. The van der Waals surface area contributed by atoms with Crippen molar-refractivity contribution in [3.8, 4) is 5.75 Å². The normalized spacial score (nSPS) is 11.3. The second-order valence-electron chi connectivity index (χ2n) is 3.83. The van der Waals surface area contributed by atoms with Crippen LogP contribution in [0.2, 0.25) is 15.1 Å². The Morgan fingerprint density at radius 3 is 2.10 bits per heavy atom. The van der Waals surface area contributed by atoms with E-state index < -0.39 is 10.0 Å². The minimum Gasteiger partial charge on any atom is -0.508 e. The van der Waals surface area contributed by atoms with Crippen molar-refractivity contribution in [3.05, 3.63) is 51.5 Å². The van der Waals surface area contributed by atoms with Crippen LogP contribution in [-0.2, 0) is 10.0 Å². The monoisotopic (exact) mass is 351 g/mol. The molecule has 0 radical (unpaired) electrons. The lowest BCUT2D eigenvalue weighted by molar-refractivity contribution is 0.475. The van der Waals surface area contributed by atoms with Crippen LogP contribution in [0.5, 0.6) is 5.75 Å². The van der Waals surface area contributed by atoms with E-state index in [-0.39, 0.29) is 31.4 Å². The molecule has 2 N–H and O–H groups in total. The van der Waals surface area contributed by atoms with E-state index in [0.29, 0.717) is 0 Å². The molecular weight excluding hydrogens is 345 g/mol. The predicted molar refractivity (Wildman–Crippen MR) is 80.4 cm³/mol. The lowest BCUT2D eigenvalue weighted by Crippen LogP contribution is -2.13. The topological polar surface area (TPSA) is 66.4 Å². The fourth-order valence-corrected chi connectivity index (χ4v) is 3.49. The summed E-state index contributed by atoms with van der Waals surface area (Å²) in [5.74, 6) is 0.0283. The number of anilines is 1. The van der Waals surface area contributed by atoms with Crippen LogP contribution < -0.4 is 4.72 Å². The predicted octanol–water partition coefficient (Wildman–Crippen LogP) is 4.15. The van der Waals surface area contributed by atoms with Gasteiger partial charge in [-0.3, -0.25) is 4.72 Å². The fraction of sp³-hybridized carbons (Fsp3) is 0. The van der Waals surface area contributed by atoms with Crippen LogP contribution in [0.4, 0.5) is 5.69 Å². The molecule has 4 nitrogen and oxygen atoms in total. The number of halogens is 3. The summed E-state index contributed by atoms with van der Waals surface area (Å²) < 4.78 is 26.7. The van der Waals surface area contributed by atoms with Crippen LogP contribution in [0, 0.1) is 0 Å². The molecule has 0 bridgehead atoms. The maximum Gasteiger partial charge on any atom is 0.263 e. The van der Waals surface area contributed by atoms with E-state index in [1.54, 1.807) is 0 Å². The molecule has 0 atom stereocenters. The van der Waals surface area contributed by atoms with Gasteiger partial charge < -0.3 is 5.11 Å². The summed E-state index contributed by atoms with van der Waals surface area (Å²) in [6.45, 7) is 0. The zero-order chi connectivity index (χ0) is 14.9. The van der Waals surface area contributed by atoms with Crippen molar-refractivity contribution in [2.24, 2.45) is 0 Å². The summed E-state index contributed by atoms with van der Waals surface area (Å²) in [6, 6.07) is 8.15. The molecule has 2 aromatic carbocycles. The molecule has 20 heavy (non-hydrogen) atoms. The third kappa shape index (κ3) is 3.12. The Balaban J connectivity index is 2.41. The van der Waals surface area contributed by atoms with Crippen LogP contribution in [0.25, 0.3) is 0 Å². The zero-order valence-corrected chi connectivity index (χ0v) is 12.9. The van der Waals surface area contributed by atoms with Crippen LogP contribution in [0.3, 0.4) is 0 Å². The minimum atomic E-state index is -3.90. The fourth-order valence-electron chi connectivity index (χ4n) is 1.46. The number of rotatable bonds is 3. The first kappa shape index (κ1) is 15.3. The first-order chi connectivity index (χ1) is 9.31. The lowest BCUT2D eigenvalue weighted by atomic mass is 10.3. The Morgan fingerprint density at radius 1 is 0.900 bits per heavy atom. The van der Waals surface area contributed by atoms with Gasteiger partial charge in [0.15, 0.2) is 0 Å². The maximum absolute atomic E-state index is 12.2. The average molecular weight is 353 g/mol. The van der Waals surface area contributed by atoms with E-state index in [1.807, 2.05) is 0 Å². The Kier molecular flexibility index (Phi) is 4.34. The molecule has 0 saturated carbocycles. The molecular formula is C12H8Cl3NO3S. The van der Waals surface area contributed by atoms with Gasteiger partial charge in [0.1, 0.15) is 10.6 Å². The Bertz CT molecular complexity index is 745. The van der Waals surface area contributed by atoms with Gasteiger partial charge in [-0.1, -0.05) is 34.8 Å². The molecule has 0 spiro atoms. The third-order valence-corrected chi connectivity index (χ3v) is 5.24. The van der Waals surface area contributed by atoms with Crippen molar-refractivity contribution >= 4 is 50.5 Å². The molecule has 8 heteroatoms. The highest BCUT2D eigenvalue weighted by Crippen LogP contribution is 2.35. The largest absolute Gasteiger partial charge is 0.508 e. The van der Waals surface area contributed by atoms with Crippen LogP contribution in [-0.4, -0.2) is 13.5 Å². The number of aromatic hydroxyl groups is 1. The van der Waals surface area contributed by atoms with Crippen molar-refractivity contribution in [2.75, 3.05) is 4.72 Å². The number of sulfonamides is 1. The van der Waals surface area contributed by atoms with Gasteiger partial charge in [0.25, 0.3) is 10.0 Å². The number of phenolic OH excluding ortho intramolecular Hbond substituents is 1. The summed E-state index contributed by atoms with van der Waals surface area (Å²) in [5, 5.41) is 9.15. The highest BCUT2D eigenvalue weighted by Gasteiger charge is 2.21. The summed E-state index contributed by atoms with van der Waals surface area (Å²) in [6.07, 6.45) is 0. The molecule has 0 fully saturated rings. The summed E-state index contributed by atoms with van der Waals surface area (Å²) in [5.41, 5.74) is 0.282. The van der Waals surface area contributed by atoms with Gasteiger partial charge in [0.2, 0.25) is 0 Å². The Labute approximate surface area is 131 Å². The minimum absolute atomic E-state index is 0.0260. The Hall–Kier alpha value is -1.14. The summed E-state index contributed by atoms with van der Waals surface area (Å²) in [7, 11) is -3.90. The van der Waals surface area contributed by atoms with Gasteiger partial charge in [0.05, 0.1) is 15.1 Å².